The molecule has 0 saturated heterocycles. The summed E-state index contributed by atoms with van der Waals surface area (Å²) in [6.45, 7) is 1.91. The zero-order chi connectivity index (χ0) is 15.5. The molecule has 0 aliphatic heterocycles. The minimum absolute atomic E-state index is 0.0230. The second kappa shape index (κ2) is 6.55. The molecule has 0 amide bonds. The number of halogens is 1. The van der Waals surface area contributed by atoms with Gasteiger partial charge in [0.25, 0.3) is 5.56 Å². The molecule has 3 nitrogen and oxygen atoms in total. The summed E-state index contributed by atoms with van der Waals surface area (Å²) in [4.78, 5) is 16.8. The average molecular weight is 331 g/mol. The molecule has 3 aromatic rings. The first-order chi connectivity index (χ1) is 10.6. The van der Waals surface area contributed by atoms with Gasteiger partial charge in [-0.1, -0.05) is 29.8 Å². The third kappa shape index (κ3) is 3.34. The lowest BCUT2D eigenvalue weighted by atomic mass is 10.2. The van der Waals surface area contributed by atoms with Crippen molar-refractivity contribution in [3.63, 3.8) is 0 Å². The third-order valence-electron chi connectivity index (χ3n) is 3.37. The highest BCUT2D eigenvalue weighted by molar-refractivity contribution is 7.97. The van der Waals surface area contributed by atoms with Crippen LogP contribution in [0.15, 0.2) is 53.3 Å². The maximum atomic E-state index is 12.2. The quantitative estimate of drug-likeness (QED) is 0.722. The van der Waals surface area contributed by atoms with Crippen LogP contribution < -0.4 is 5.56 Å². The Hall–Kier alpha value is -1.78. The minimum Gasteiger partial charge on any atom is -0.269 e. The molecule has 0 saturated carbocycles. The molecule has 112 valence electrons. The Morgan fingerprint density at radius 3 is 2.68 bits per heavy atom. The van der Waals surface area contributed by atoms with E-state index < -0.39 is 0 Å². The second-order valence-electron chi connectivity index (χ2n) is 5.07. The number of fused-ring (bicyclic) bond motifs is 1. The number of hydrogen-bond acceptors (Lipinski definition) is 3. The Kier molecular flexibility index (Phi) is 4.50. The van der Waals surface area contributed by atoms with Crippen molar-refractivity contribution in [1.29, 1.82) is 0 Å². The van der Waals surface area contributed by atoms with Gasteiger partial charge in [0.1, 0.15) is 5.65 Å². The molecule has 0 radical (unpaired) electrons. The summed E-state index contributed by atoms with van der Waals surface area (Å²) in [5.41, 5.74) is 3.60. The predicted molar refractivity (Wildman–Crippen MR) is 92.7 cm³/mol. The Morgan fingerprint density at radius 2 is 1.91 bits per heavy atom. The van der Waals surface area contributed by atoms with Gasteiger partial charge in [-0.2, -0.15) is 11.8 Å². The molecule has 0 aliphatic carbocycles. The van der Waals surface area contributed by atoms with Gasteiger partial charge in [-0.05, 0) is 36.8 Å². The van der Waals surface area contributed by atoms with E-state index in [4.69, 9.17) is 11.6 Å². The zero-order valence-corrected chi connectivity index (χ0v) is 13.7. The number of benzene rings is 1. The molecular weight excluding hydrogens is 316 g/mol. The molecule has 22 heavy (non-hydrogen) atoms. The summed E-state index contributed by atoms with van der Waals surface area (Å²) >= 11 is 7.61. The van der Waals surface area contributed by atoms with E-state index in [1.54, 1.807) is 22.2 Å². The molecule has 1 aromatic carbocycles. The van der Waals surface area contributed by atoms with Gasteiger partial charge >= 0.3 is 0 Å². The van der Waals surface area contributed by atoms with E-state index >= 15 is 0 Å². The topological polar surface area (TPSA) is 34.4 Å². The third-order valence-corrected chi connectivity index (χ3v) is 4.65. The summed E-state index contributed by atoms with van der Waals surface area (Å²) in [6.07, 6.45) is 0. The molecule has 0 aliphatic rings. The van der Waals surface area contributed by atoms with Crippen molar-refractivity contribution in [3.8, 4) is 0 Å². The number of nitrogens with zero attached hydrogens (tertiary/aromatic N) is 2. The maximum Gasteiger partial charge on any atom is 0.258 e. The van der Waals surface area contributed by atoms with Crippen molar-refractivity contribution in [2.45, 2.75) is 18.4 Å². The van der Waals surface area contributed by atoms with Crippen molar-refractivity contribution in [2.24, 2.45) is 0 Å². The van der Waals surface area contributed by atoms with Crippen LogP contribution in [0.25, 0.3) is 5.65 Å². The normalized spacial score (nSPS) is 11.0. The summed E-state index contributed by atoms with van der Waals surface area (Å²) < 4.78 is 1.63. The fourth-order valence-corrected chi connectivity index (χ4v) is 3.30. The standard InChI is InChI=1S/C17H15ClN2OS/c1-12-3-2-4-16-19-15(9-17(21)20(12)16)11-22-10-13-5-7-14(18)8-6-13/h2-9H,10-11H2,1H3. The van der Waals surface area contributed by atoms with E-state index in [-0.39, 0.29) is 5.56 Å². The molecule has 5 heteroatoms. The largest absolute Gasteiger partial charge is 0.269 e. The lowest BCUT2D eigenvalue weighted by Crippen LogP contribution is -2.17. The van der Waals surface area contributed by atoms with Crippen LogP contribution in [-0.2, 0) is 11.5 Å². The van der Waals surface area contributed by atoms with Gasteiger partial charge in [0.05, 0.1) is 5.69 Å². The molecule has 2 heterocycles. The van der Waals surface area contributed by atoms with Crippen LogP contribution in [0.3, 0.4) is 0 Å². The summed E-state index contributed by atoms with van der Waals surface area (Å²) in [5, 5.41) is 0.744. The van der Waals surface area contributed by atoms with Crippen LogP contribution >= 0.6 is 23.4 Å². The Morgan fingerprint density at radius 1 is 1.14 bits per heavy atom. The van der Waals surface area contributed by atoms with E-state index in [2.05, 4.69) is 4.98 Å². The van der Waals surface area contributed by atoms with Gasteiger partial charge in [-0.15, -0.1) is 0 Å². The molecule has 0 spiro atoms. The fraction of sp³-hybridized carbons (Fsp3) is 0.176. The van der Waals surface area contributed by atoms with Crippen molar-refractivity contribution >= 4 is 29.0 Å². The molecule has 0 fully saturated rings. The van der Waals surface area contributed by atoms with Gasteiger partial charge in [0.2, 0.25) is 0 Å². The monoisotopic (exact) mass is 330 g/mol. The first kappa shape index (κ1) is 15.1. The summed E-state index contributed by atoms with van der Waals surface area (Å²) in [6, 6.07) is 15.1. The van der Waals surface area contributed by atoms with Gasteiger partial charge in [0.15, 0.2) is 0 Å². The van der Waals surface area contributed by atoms with Crippen LogP contribution in [0.2, 0.25) is 5.02 Å². The number of hydrogen-bond donors (Lipinski definition) is 0. The first-order valence-electron chi connectivity index (χ1n) is 6.94. The van der Waals surface area contributed by atoms with Crippen molar-refractivity contribution < 1.29 is 0 Å². The van der Waals surface area contributed by atoms with Gasteiger partial charge in [0, 0.05) is 28.3 Å². The van der Waals surface area contributed by atoms with E-state index in [9.17, 15) is 4.79 Å². The second-order valence-corrected chi connectivity index (χ2v) is 6.49. The Labute approximate surface area is 138 Å². The number of aryl methyl sites for hydroxylation is 1. The molecule has 3 rings (SSSR count). The van der Waals surface area contributed by atoms with E-state index in [0.717, 1.165) is 22.2 Å². The SMILES string of the molecule is Cc1cccc2nc(CSCc3ccc(Cl)cc3)cc(=O)n12. The van der Waals surface area contributed by atoms with Gasteiger partial charge < -0.3 is 0 Å². The number of thioether (sulfide) groups is 1. The lowest BCUT2D eigenvalue weighted by molar-refractivity contribution is 0.968. The molecule has 2 aromatic heterocycles. The highest BCUT2D eigenvalue weighted by Crippen LogP contribution is 2.18. The molecule has 0 N–H and O–H groups in total. The average Bonchev–Trinajstić information content (AvgIpc) is 2.49. The summed E-state index contributed by atoms with van der Waals surface area (Å²) in [7, 11) is 0. The summed E-state index contributed by atoms with van der Waals surface area (Å²) in [5.74, 6) is 1.58. The highest BCUT2D eigenvalue weighted by atomic mass is 35.5. The van der Waals surface area contributed by atoms with Crippen LogP contribution in [0.4, 0.5) is 0 Å². The molecule has 0 bridgehead atoms. The molecule has 0 atom stereocenters. The Bertz CT molecular complexity index is 859. The van der Waals surface area contributed by atoms with Crippen LogP contribution in [0.5, 0.6) is 0 Å². The number of pyridine rings is 1. The number of aromatic nitrogens is 2. The zero-order valence-electron chi connectivity index (χ0n) is 12.1. The predicted octanol–water partition coefficient (Wildman–Crippen LogP) is 4.09. The Balaban J connectivity index is 1.74. The van der Waals surface area contributed by atoms with Crippen molar-refractivity contribution in [1.82, 2.24) is 9.38 Å². The van der Waals surface area contributed by atoms with E-state index in [1.807, 2.05) is 49.4 Å². The van der Waals surface area contributed by atoms with Gasteiger partial charge in [-0.3, -0.25) is 9.20 Å². The maximum absolute atomic E-state index is 12.2. The van der Waals surface area contributed by atoms with Crippen molar-refractivity contribution in [3.05, 3.63) is 80.9 Å². The molecule has 0 unspecified atom stereocenters. The highest BCUT2D eigenvalue weighted by Gasteiger charge is 2.04. The smallest absolute Gasteiger partial charge is 0.258 e. The lowest BCUT2D eigenvalue weighted by Gasteiger charge is -2.06. The van der Waals surface area contributed by atoms with E-state index in [1.165, 1.54) is 5.56 Å². The number of rotatable bonds is 4. The fourth-order valence-electron chi connectivity index (χ4n) is 2.29. The molecular formula is C17H15ClN2OS. The van der Waals surface area contributed by atoms with Gasteiger partial charge in [-0.25, -0.2) is 4.98 Å². The van der Waals surface area contributed by atoms with Crippen LogP contribution in [0.1, 0.15) is 17.0 Å². The van der Waals surface area contributed by atoms with Crippen LogP contribution in [-0.4, -0.2) is 9.38 Å². The van der Waals surface area contributed by atoms with Crippen LogP contribution in [0, 0.1) is 6.92 Å². The first-order valence-corrected chi connectivity index (χ1v) is 8.47. The van der Waals surface area contributed by atoms with Crippen molar-refractivity contribution in [2.75, 3.05) is 0 Å². The minimum atomic E-state index is -0.0230. The van der Waals surface area contributed by atoms with E-state index in [0.29, 0.717) is 11.4 Å².